The monoisotopic (exact) mass is 207 g/mol. The van der Waals surface area contributed by atoms with E-state index in [1.807, 2.05) is 23.9 Å². The molecule has 0 unspecified atom stereocenters. The summed E-state index contributed by atoms with van der Waals surface area (Å²) in [6.45, 7) is 2.26. The van der Waals surface area contributed by atoms with Crippen LogP contribution in [0.3, 0.4) is 0 Å². The zero-order chi connectivity index (χ0) is 10.1. The minimum atomic E-state index is 1.26. The maximum absolute atomic E-state index is 3.04. The molecule has 1 rings (SSSR count). The first-order valence-corrected chi connectivity index (χ1v) is 6.51. The zero-order valence-corrected chi connectivity index (χ0v) is 9.78. The molecule has 0 saturated carbocycles. The fourth-order valence-electron chi connectivity index (χ4n) is 1.36. The number of rotatable bonds is 7. The van der Waals surface area contributed by atoms with Gasteiger partial charge in [-0.2, -0.15) is 0 Å². The summed E-state index contributed by atoms with van der Waals surface area (Å²) in [5.41, 5.74) is 0. The maximum atomic E-state index is 3.04. The number of hydrogen-bond donors (Lipinski definition) is 0. The predicted molar refractivity (Wildman–Crippen MR) is 64.8 cm³/mol. The molecule has 1 radical (unpaired) electrons. The van der Waals surface area contributed by atoms with E-state index in [9.17, 15) is 0 Å². The van der Waals surface area contributed by atoms with Crippen LogP contribution in [0.15, 0.2) is 29.2 Å². The van der Waals surface area contributed by atoms with E-state index in [-0.39, 0.29) is 0 Å². The van der Waals surface area contributed by atoms with Crippen LogP contribution < -0.4 is 0 Å². The molecule has 0 spiro atoms. The topological polar surface area (TPSA) is 0 Å². The largest absolute Gasteiger partial charge is 0.126 e. The first-order chi connectivity index (χ1) is 6.93. The third-order valence-electron chi connectivity index (χ3n) is 2.20. The van der Waals surface area contributed by atoms with E-state index in [0.717, 1.165) is 0 Å². The van der Waals surface area contributed by atoms with E-state index in [1.165, 1.54) is 42.8 Å². The summed E-state index contributed by atoms with van der Waals surface area (Å²) in [6.07, 6.45) is 6.87. The molecule has 0 nitrogen and oxygen atoms in total. The molecule has 0 aliphatic carbocycles. The molecule has 1 aromatic carbocycles. The molecule has 14 heavy (non-hydrogen) atoms. The molecule has 0 heterocycles. The minimum Gasteiger partial charge on any atom is -0.126 e. The molecule has 77 valence electrons. The fourth-order valence-corrected chi connectivity index (χ4v) is 2.28. The van der Waals surface area contributed by atoms with Gasteiger partial charge in [0.1, 0.15) is 0 Å². The molecule has 1 heteroatoms. The Morgan fingerprint density at radius 1 is 1.07 bits per heavy atom. The van der Waals surface area contributed by atoms with Gasteiger partial charge in [0, 0.05) is 4.90 Å². The molecule has 0 fully saturated rings. The van der Waals surface area contributed by atoms with Crippen molar-refractivity contribution in [3.8, 4) is 0 Å². The van der Waals surface area contributed by atoms with Crippen molar-refractivity contribution in [2.75, 3.05) is 5.75 Å². The second-order valence-electron chi connectivity index (χ2n) is 3.50. The summed E-state index contributed by atoms with van der Waals surface area (Å²) in [5, 5.41) is 0. The van der Waals surface area contributed by atoms with Crippen molar-refractivity contribution in [3.63, 3.8) is 0 Å². The smallest absolute Gasteiger partial charge is 0.00723 e. The van der Waals surface area contributed by atoms with Crippen LogP contribution in [0, 0.1) is 6.07 Å². The highest BCUT2D eigenvalue weighted by Crippen LogP contribution is 2.18. The van der Waals surface area contributed by atoms with Crippen LogP contribution in [0.25, 0.3) is 0 Å². The van der Waals surface area contributed by atoms with Gasteiger partial charge in [-0.25, -0.2) is 0 Å². The number of hydrogen-bond acceptors (Lipinski definition) is 1. The van der Waals surface area contributed by atoms with Gasteiger partial charge >= 0.3 is 0 Å². The highest BCUT2D eigenvalue weighted by molar-refractivity contribution is 7.99. The van der Waals surface area contributed by atoms with Crippen LogP contribution in [0.4, 0.5) is 0 Å². The molecule has 0 saturated heterocycles. The molecule has 0 aliphatic heterocycles. The van der Waals surface area contributed by atoms with Crippen molar-refractivity contribution < 1.29 is 0 Å². The van der Waals surface area contributed by atoms with E-state index in [0.29, 0.717) is 0 Å². The SMILES string of the molecule is CCCCCCCSc1cc[c]cc1. The Labute approximate surface area is 92.1 Å². The normalized spacial score (nSPS) is 10.4. The lowest BCUT2D eigenvalue weighted by atomic mass is 10.2. The molecular formula is C13H19S. The van der Waals surface area contributed by atoms with Crippen LogP contribution in [0.5, 0.6) is 0 Å². The Morgan fingerprint density at radius 3 is 2.50 bits per heavy atom. The van der Waals surface area contributed by atoms with Crippen LogP contribution >= 0.6 is 11.8 Å². The highest BCUT2D eigenvalue weighted by atomic mass is 32.2. The van der Waals surface area contributed by atoms with Crippen LogP contribution in [-0.4, -0.2) is 5.75 Å². The van der Waals surface area contributed by atoms with Crippen molar-refractivity contribution in [1.82, 2.24) is 0 Å². The summed E-state index contributed by atoms with van der Waals surface area (Å²) >= 11 is 1.96. The van der Waals surface area contributed by atoms with Crippen LogP contribution in [-0.2, 0) is 0 Å². The lowest BCUT2D eigenvalue weighted by Crippen LogP contribution is -1.81. The molecule has 1 aromatic rings. The first-order valence-electron chi connectivity index (χ1n) is 5.52. The minimum absolute atomic E-state index is 1.26. The molecule has 0 N–H and O–H groups in total. The first kappa shape index (κ1) is 11.6. The summed E-state index contributed by atoms with van der Waals surface area (Å²) in [6, 6.07) is 11.3. The summed E-state index contributed by atoms with van der Waals surface area (Å²) in [5.74, 6) is 1.26. The van der Waals surface area contributed by atoms with Gasteiger partial charge in [-0.15, -0.1) is 11.8 Å². The average molecular weight is 207 g/mol. The Morgan fingerprint density at radius 2 is 1.79 bits per heavy atom. The average Bonchev–Trinajstić information content (AvgIpc) is 2.25. The van der Waals surface area contributed by atoms with Gasteiger partial charge in [-0.05, 0) is 30.4 Å². The summed E-state index contributed by atoms with van der Waals surface area (Å²) in [7, 11) is 0. The molecule has 0 bridgehead atoms. The van der Waals surface area contributed by atoms with Crippen molar-refractivity contribution in [1.29, 1.82) is 0 Å². The third kappa shape index (κ3) is 5.33. The van der Waals surface area contributed by atoms with E-state index < -0.39 is 0 Å². The van der Waals surface area contributed by atoms with Gasteiger partial charge < -0.3 is 0 Å². The summed E-state index contributed by atoms with van der Waals surface area (Å²) in [4.78, 5) is 1.37. The fraction of sp³-hybridized carbons (Fsp3) is 0.538. The van der Waals surface area contributed by atoms with E-state index >= 15 is 0 Å². The molecule has 0 aromatic heterocycles. The van der Waals surface area contributed by atoms with Gasteiger partial charge in [0.2, 0.25) is 0 Å². The Bertz CT molecular complexity index is 218. The van der Waals surface area contributed by atoms with E-state index in [1.54, 1.807) is 0 Å². The second-order valence-corrected chi connectivity index (χ2v) is 4.67. The molecule has 0 amide bonds. The van der Waals surface area contributed by atoms with Crippen molar-refractivity contribution >= 4 is 11.8 Å². The van der Waals surface area contributed by atoms with E-state index in [2.05, 4.69) is 25.1 Å². The molecule has 0 atom stereocenters. The molecular weight excluding hydrogens is 188 g/mol. The van der Waals surface area contributed by atoms with Crippen molar-refractivity contribution in [2.45, 2.75) is 43.9 Å². The van der Waals surface area contributed by atoms with Crippen molar-refractivity contribution in [2.24, 2.45) is 0 Å². The highest BCUT2D eigenvalue weighted by Gasteiger charge is 1.92. The lowest BCUT2D eigenvalue weighted by molar-refractivity contribution is 0.659. The second kappa shape index (κ2) is 7.93. The standard InChI is InChI=1S/C13H19S/c1-2-3-4-5-9-12-14-13-10-7-6-8-11-13/h7-8,10-11H,2-5,9,12H2,1H3. The molecule has 0 aliphatic rings. The van der Waals surface area contributed by atoms with Crippen molar-refractivity contribution in [3.05, 3.63) is 30.3 Å². The predicted octanol–water partition coefficient (Wildman–Crippen LogP) is 4.55. The maximum Gasteiger partial charge on any atom is 0.00723 e. The van der Waals surface area contributed by atoms with E-state index in [4.69, 9.17) is 0 Å². The van der Waals surface area contributed by atoms with Gasteiger partial charge in [-0.1, -0.05) is 44.7 Å². The Hall–Kier alpha value is -0.430. The van der Waals surface area contributed by atoms with Gasteiger partial charge in [0.15, 0.2) is 0 Å². The number of benzene rings is 1. The number of thioether (sulfide) groups is 1. The third-order valence-corrected chi connectivity index (χ3v) is 3.30. The van der Waals surface area contributed by atoms with Gasteiger partial charge in [-0.3, -0.25) is 0 Å². The number of unbranched alkanes of at least 4 members (excludes halogenated alkanes) is 4. The van der Waals surface area contributed by atoms with Gasteiger partial charge in [0.25, 0.3) is 0 Å². The Balaban J connectivity index is 1.99. The van der Waals surface area contributed by atoms with Crippen LogP contribution in [0.2, 0.25) is 0 Å². The van der Waals surface area contributed by atoms with Crippen LogP contribution in [0.1, 0.15) is 39.0 Å². The van der Waals surface area contributed by atoms with Gasteiger partial charge in [0.05, 0.1) is 0 Å². The summed E-state index contributed by atoms with van der Waals surface area (Å²) < 4.78 is 0. The quantitative estimate of drug-likeness (QED) is 0.467. The zero-order valence-electron chi connectivity index (χ0n) is 8.96. The Kier molecular flexibility index (Phi) is 6.59. The lowest BCUT2D eigenvalue weighted by Gasteiger charge is -2.00.